The Bertz CT molecular complexity index is 349. The van der Waals surface area contributed by atoms with Crippen LogP contribution in [0.25, 0.3) is 0 Å². The molecule has 0 saturated carbocycles. The minimum atomic E-state index is 0.201. The van der Waals surface area contributed by atoms with Crippen LogP contribution in [0.1, 0.15) is 25.3 Å². The predicted octanol–water partition coefficient (Wildman–Crippen LogP) is 2.08. The molecule has 0 aromatic heterocycles. The lowest BCUT2D eigenvalue weighted by molar-refractivity contribution is -0.128. The molecule has 3 heteroatoms. The van der Waals surface area contributed by atoms with Gasteiger partial charge in [0, 0.05) is 26.6 Å². The SMILES string of the molecule is CC(Cc1ccccc1)NCCCC(=O)N(C)C. The lowest BCUT2D eigenvalue weighted by atomic mass is 10.1. The number of carbonyl (C=O) groups is 1. The van der Waals surface area contributed by atoms with Gasteiger partial charge in [0.1, 0.15) is 0 Å². The monoisotopic (exact) mass is 248 g/mol. The molecule has 0 radical (unpaired) electrons. The molecule has 1 N–H and O–H groups in total. The first-order valence-corrected chi connectivity index (χ1v) is 6.57. The van der Waals surface area contributed by atoms with Gasteiger partial charge in [-0.05, 0) is 31.9 Å². The Hall–Kier alpha value is -1.35. The fourth-order valence-electron chi connectivity index (χ4n) is 1.85. The average Bonchev–Trinajstić information content (AvgIpc) is 2.35. The average molecular weight is 248 g/mol. The largest absolute Gasteiger partial charge is 0.349 e. The summed E-state index contributed by atoms with van der Waals surface area (Å²) in [6.07, 6.45) is 2.55. The molecule has 0 aliphatic carbocycles. The van der Waals surface area contributed by atoms with Gasteiger partial charge in [0.05, 0.1) is 0 Å². The third kappa shape index (κ3) is 5.82. The highest BCUT2D eigenvalue weighted by Crippen LogP contribution is 2.02. The van der Waals surface area contributed by atoms with Gasteiger partial charge in [0.25, 0.3) is 0 Å². The molecule has 1 rings (SSSR count). The van der Waals surface area contributed by atoms with E-state index in [1.54, 1.807) is 19.0 Å². The van der Waals surface area contributed by atoms with Crippen molar-refractivity contribution < 1.29 is 4.79 Å². The molecule has 0 aliphatic heterocycles. The second-order valence-corrected chi connectivity index (χ2v) is 4.94. The molecular formula is C15H24N2O. The summed E-state index contributed by atoms with van der Waals surface area (Å²) in [5.41, 5.74) is 1.35. The molecule has 18 heavy (non-hydrogen) atoms. The molecule has 100 valence electrons. The summed E-state index contributed by atoms with van der Waals surface area (Å²) in [6, 6.07) is 10.9. The molecule has 1 atom stereocenters. The van der Waals surface area contributed by atoms with Crippen molar-refractivity contribution in [2.24, 2.45) is 0 Å². The molecule has 0 spiro atoms. The molecule has 0 saturated heterocycles. The van der Waals surface area contributed by atoms with E-state index in [0.29, 0.717) is 12.5 Å². The number of benzene rings is 1. The summed E-state index contributed by atoms with van der Waals surface area (Å²) < 4.78 is 0. The van der Waals surface area contributed by atoms with Crippen molar-refractivity contribution in [3.63, 3.8) is 0 Å². The van der Waals surface area contributed by atoms with Crippen molar-refractivity contribution in [3.05, 3.63) is 35.9 Å². The molecule has 0 aliphatic rings. The van der Waals surface area contributed by atoms with Crippen LogP contribution in [0.3, 0.4) is 0 Å². The normalized spacial score (nSPS) is 12.2. The Morgan fingerprint density at radius 1 is 1.28 bits per heavy atom. The summed E-state index contributed by atoms with van der Waals surface area (Å²) in [7, 11) is 3.60. The van der Waals surface area contributed by atoms with Crippen LogP contribution in [0.15, 0.2) is 30.3 Å². The maximum absolute atomic E-state index is 11.4. The standard InChI is InChI=1S/C15H24N2O/c1-13(12-14-8-5-4-6-9-14)16-11-7-10-15(18)17(2)3/h4-6,8-9,13,16H,7,10-12H2,1-3H3. The van der Waals surface area contributed by atoms with Crippen molar-refractivity contribution in [3.8, 4) is 0 Å². The van der Waals surface area contributed by atoms with Crippen LogP contribution in [0.2, 0.25) is 0 Å². The fraction of sp³-hybridized carbons (Fsp3) is 0.533. The van der Waals surface area contributed by atoms with E-state index in [2.05, 4.69) is 36.5 Å². The van der Waals surface area contributed by atoms with Crippen molar-refractivity contribution >= 4 is 5.91 Å². The molecule has 3 nitrogen and oxygen atoms in total. The third-order valence-corrected chi connectivity index (χ3v) is 2.94. The van der Waals surface area contributed by atoms with Crippen LogP contribution in [0.4, 0.5) is 0 Å². The van der Waals surface area contributed by atoms with Gasteiger partial charge in [-0.25, -0.2) is 0 Å². The van der Waals surface area contributed by atoms with Crippen LogP contribution in [-0.2, 0) is 11.2 Å². The van der Waals surface area contributed by atoms with E-state index in [0.717, 1.165) is 19.4 Å². The first-order chi connectivity index (χ1) is 8.59. The highest BCUT2D eigenvalue weighted by atomic mass is 16.2. The quantitative estimate of drug-likeness (QED) is 0.749. The molecule has 0 fully saturated rings. The van der Waals surface area contributed by atoms with E-state index in [9.17, 15) is 4.79 Å². The maximum Gasteiger partial charge on any atom is 0.222 e. The van der Waals surface area contributed by atoms with Gasteiger partial charge in [-0.3, -0.25) is 4.79 Å². The topological polar surface area (TPSA) is 32.3 Å². The Morgan fingerprint density at radius 3 is 2.56 bits per heavy atom. The number of hydrogen-bond donors (Lipinski definition) is 1. The van der Waals surface area contributed by atoms with Crippen molar-refractivity contribution in [2.75, 3.05) is 20.6 Å². The third-order valence-electron chi connectivity index (χ3n) is 2.94. The summed E-state index contributed by atoms with van der Waals surface area (Å²) in [5.74, 6) is 0.201. The fourth-order valence-corrected chi connectivity index (χ4v) is 1.85. The zero-order valence-electron chi connectivity index (χ0n) is 11.6. The molecule has 0 heterocycles. The van der Waals surface area contributed by atoms with Gasteiger partial charge in [0.15, 0.2) is 0 Å². The highest BCUT2D eigenvalue weighted by molar-refractivity contribution is 5.75. The number of amides is 1. The van der Waals surface area contributed by atoms with E-state index >= 15 is 0 Å². The molecule has 1 aromatic carbocycles. The molecule has 1 amide bonds. The minimum absolute atomic E-state index is 0.201. The lowest BCUT2D eigenvalue weighted by Crippen LogP contribution is -2.30. The zero-order chi connectivity index (χ0) is 13.4. The van der Waals surface area contributed by atoms with Gasteiger partial charge in [0.2, 0.25) is 5.91 Å². The van der Waals surface area contributed by atoms with E-state index < -0.39 is 0 Å². The van der Waals surface area contributed by atoms with E-state index in [4.69, 9.17) is 0 Å². The van der Waals surface area contributed by atoms with Crippen molar-refractivity contribution in [1.29, 1.82) is 0 Å². The Labute approximate surface area is 110 Å². The molecule has 0 bridgehead atoms. The second-order valence-electron chi connectivity index (χ2n) is 4.94. The number of hydrogen-bond acceptors (Lipinski definition) is 2. The number of carbonyl (C=O) groups excluding carboxylic acids is 1. The number of rotatable bonds is 7. The van der Waals surface area contributed by atoms with Crippen LogP contribution < -0.4 is 5.32 Å². The Morgan fingerprint density at radius 2 is 1.94 bits per heavy atom. The minimum Gasteiger partial charge on any atom is -0.349 e. The summed E-state index contributed by atoms with van der Waals surface area (Å²) in [4.78, 5) is 13.0. The van der Waals surface area contributed by atoms with E-state index in [-0.39, 0.29) is 5.91 Å². The number of nitrogens with zero attached hydrogens (tertiary/aromatic N) is 1. The Balaban J connectivity index is 2.14. The molecule has 1 aromatic rings. The van der Waals surface area contributed by atoms with Gasteiger partial charge < -0.3 is 10.2 Å². The molecule has 1 unspecified atom stereocenters. The summed E-state index contributed by atoms with van der Waals surface area (Å²) in [6.45, 7) is 3.08. The maximum atomic E-state index is 11.4. The van der Waals surface area contributed by atoms with Gasteiger partial charge in [-0.1, -0.05) is 30.3 Å². The predicted molar refractivity (Wildman–Crippen MR) is 75.5 cm³/mol. The van der Waals surface area contributed by atoms with Gasteiger partial charge in [-0.15, -0.1) is 0 Å². The van der Waals surface area contributed by atoms with Crippen LogP contribution in [-0.4, -0.2) is 37.5 Å². The zero-order valence-corrected chi connectivity index (χ0v) is 11.6. The van der Waals surface area contributed by atoms with Crippen LogP contribution in [0.5, 0.6) is 0 Å². The number of nitrogens with one attached hydrogen (secondary N) is 1. The highest BCUT2D eigenvalue weighted by Gasteiger charge is 2.05. The summed E-state index contributed by atoms with van der Waals surface area (Å²) >= 11 is 0. The van der Waals surface area contributed by atoms with Crippen LogP contribution in [0, 0.1) is 0 Å². The van der Waals surface area contributed by atoms with E-state index in [1.807, 2.05) is 6.07 Å². The van der Waals surface area contributed by atoms with E-state index in [1.165, 1.54) is 5.56 Å². The van der Waals surface area contributed by atoms with Crippen LogP contribution >= 0.6 is 0 Å². The first kappa shape index (κ1) is 14.7. The smallest absolute Gasteiger partial charge is 0.222 e. The summed E-state index contributed by atoms with van der Waals surface area (Å²) in [5, 5.41) is 3.45. The van der Waals surface area contributed by atoms with Crippen molar-refractivity contribution in [2.45, 2.75) is 32.2 Å². The van der Waals surface area contributed by atoms with Gasteiger partial charge >= 0.3 is 0 Å². The van der Waals surface area contributed by atoms with Crippen molar-refractivity contribution in [1.82, 2.24) is 10.2 Å². The second kappa shape index (κ2) is 7.88. The molecular weight excluding hydrogens is 224 g/mol. The Kier molecular flexibility index (Phi) is 6.44. The van der Waals surface area contributed by atoms with Gasteiger partial charge in [-0.2, -0.15) is 0 Å². The lowest BCUT2D eigenvalue weighted by Gasteiger charge is -2.14. The first-order valence-electron chi connectivity index (χ1n) is 6.57.